The summed E-state index contributed by atoms with van der Waals surface area (Å²) in [5, 5.41) is 29.0. The van der Waals surface area contributed by atoms with Crippen molar-refractivity contribution in [3.8, 4) is 22.9 Å². The van der Waals surface area contributed by atoms with E-state index < -0.39 is 5.97 Å². The number of hydrogen-bond acceptors (Lipinski definition) is 4. The molecule has 2 aromatic rings. The van der Waals surface area contributed by atoms with Gasteiger partial charge in [-0.1, -0.05) is 76.1 Å². The highest BCUT2D eigenvalue weighted by Gasteiger charge is 2.24. The first kappa shape index (κ1) is 21.9. The summed E-state index contributed by atoms with van der Waals surface area (Å²) < 4.78 is 5.36. The Morgan fingerprint density at radius 1 is 0.786 bits per heavy atom. The first-order chi connectivity index (χ1) is 13.5. The van der Waals surface area contributed by atoms with Crippen molar-refractivity contribution in [1.82, 2.24) is 0 Å². The molecular weight excluding hydrogens is 350 g/mol. The Morgan fingerprint density at radius 2 is 1.29 bits per heavy atom. The summed E-state index contributed by atoms with van der Waals surface area (Å²) >= 11 is 0. The third-order valence-electron chi connectivity index (χ3n) is 4.84. The fourth-order valence-electron chi connectivity index (χ4n) is 3.18. The summed E-state index contributed by atoms with van der Waals surface area (Å²) in [6.07, 6.45) is 9.35. The molecule has 150 valence electrons. The normalized spacial score (nSPS) is 11.2. The zero-order valence-corrected chi connectivity index (χ0v) is 16.7. The van der Waals surface area contributed by atoms with Gasteiger partial charge in [-0.2, -0.15) is 5.26 Å². The van der Waals surface area contributed by atoms with Crippen LogP contribution in [0.4, 0.5) is 0 Å². The van der Waals surface area contributed by atoms with E-state index in [-0.39, 0.29) is 6.42 Å². The number of nitriles is 1. The predicted octanol–water partition coefficient (Wildman–Crippen LogP) is 5.77. The molecule has 4 heteroatoms. The van der Waals surface area contributed by atoms with Gasteiger partial charge in [0.05, 0.1) is 11.6 Å². The Hall–Kier alpha value is -2.35. The number of rotatable bonds is 12. The molecule has 2 aromatic carbocycles. The molecule has 2 rings (SSSR count). The summed E-state index contributed by atoms with van der Waals surface area (Å²) in [7, 11) is 0. The molecule has 0 spiro atoms. The fraction of sp³-hybridized carbons (Fsp3) is 0.458. The van der Waals surface area contributed by atoms with Crippen molar-refractivity contribution >= 4 is 0 Å². The van der Waals surface area contributed by atoms with E-state index in [1.54, 1.807) is 24.3 Å². The maximum Gasteiger partial charge on any atom is 0.321 e. The average molecular weight is 382 g/mol. The summed E-state index contributed by atoms with van der Waals surface area (Å²) in [6.45, 7) is 2.21. The van der Waals surface area contributed by atoms with Gasteiger partial charge in [-0.25, -0.2) is 0 Å². The second-order valence-corrected chi connectivity index (χ2v) is 7.28. The molecule has 0 aliphatic carbocycles. The SMILES string of the molecule is CCCCCCCCCCC(O)(O)Oc1ccc(-c2ccc(C#N)cc2)cc1. The van der Waals surface area contributed by atoms with Gasteiger partial charge in [-0.15, -0.1) is 0 Å². The van der Waals surface area contributed by atoms with E-state index in [0.29, 0.717) is 11.3 Å². The number of hydrogen-bond donors (Lipinski definition) is 2. The largest absolute Gasteiger partial charge is 0.439 e. The molecule has 0 radical (unpaired) electrons. The van der Waals surface area contributed by atoms with Crippen LogP contribution >= 0.6 is 0 Å². The molecular formula is C24H31NO3. The molecule has 0 aliphatic rings. The zero-order chi connectivity index (χ0) is 20.2. The van der Waals surface area contributed by atoms with E-state index in [4.69, 9.17) is 10.00 Å². The van der Waals surface area contributed by atoms with Gasteiger partial charge < -0.3 is 14.9 Å². The van der Waals surface area contributed by atoms with Gasteiger partial charge in [0.1, 0.15) is 5.75 Å². The summed E-state index contributed by atoms with van der Waals surface area (Å²) in [5.41, 5.74) is 2.58. The van der Waals surface area contributed by atoms with Crippen molar-refractivity contribution in [2.75, 3.05) is 0 Å². The number of ether oxygens (including phenoxy) is 1. The van der Waals surface area contributed by atoms with Crippen molar-refractivity contribution < 1.29 is 14.9 Å². The van der Waals surface area contributed by atoms with Crippen LogP contribution in [-0.4, -0.2) is 16.2 Å². The summed E-state index contributed by atoms with van der Waals surface area (Å²) in [6, 6.07) is 16.6. The highest BCUT2D eigenvalue weighted by atomic mass is 16.8. The van der Waals surface area contributed by atoms with Crippen LogP contribution in [-0.2, 0) is 0 Å². The highest BCUT2D eigenvalue weighted by Crippen LogP contribution is 2.25. The molecule has 0 fully saturated rings. The molecule has 0 saturated carbocycles. The van der Waals surface area contributed by atoms with E-state index >= 15 is 0 Å². The van der Waals surface area contributed by atoms with Crippen LogP contribution in [0.25, 0.3) is 11.1 Å². The number of nitrogens with zero attached hydrogens (tertiary/aromatic N) is 1. The molecule has 0 aliphatic heterocycles. The standard InChI is InChI=1S/C24H31NO3/c1-2-3-4-5-6-7-8-9-18-24(26,27)28-23-16-14-22(15-17-23)21-12-10-20(19-25)11-13-21/h10-17,26-27H,2-9,18H2,1H3. The zero-order valence-electron chi connectivity index (χ0n) is 16.7. The molecule has 0 aromatic heterocycles. The second-order valence-electron chi connectivity index (χ2n) is 7.28. The molecule has 0 saturated heterocycles. The van der Waals surface area contributed by atoms with Crippen LogP contribution in [0.2, 0.25) is 0 Å². The lowest BCUT2D eigenvalue weighted by Crippen LogP contribution is -2.35. The van der Waals surface area contributed by atoms with Crippen molar-refractivity contribution in [2.24, 2.45) is 0 Å². The maximum absolute atomic E-state index is 10.1. The van der Waals surface area contributed by atoms with Crippen molar-refractivity contribution in [3.05, 3.63) is 54.1 Å². The first-order valence-electron chi connectivity index (χ1n) is 10.3. The summed E-state index contributed by atoms with van der Waals surface area (Å²) in [5.74, 6) is -1.72. The van der Waals surface area contributed by atoms with Gasteiger partial charge in [-0.3, -0.25) is 0 Å². The van der Waals surface area contributed by atoms with E-state index in [1.165, 1.54) is 32.1 Å². The van der Waals surface area contributed by atoms with Gasteiger partial charge in [-0.05, 0) is 41.8 Å². The molecule has 4 nitrogen and oxygen atoms in total. The molecule has 0 unspecified atom stereocenters. The third kappa shape index (κ3) is 7.72. The maximum atomic E-state index is 10.1. The van der Waals surface area contributed by atoms with Crippen molar-refractivity contribution in [1.29, 1.82) is 5.26 Å². The third-order valence-corrected chi connectivity index (χ3v) is 4.84. The Morgan fingerprint density at radius 3 is 1.82 bits per heavy atom. The Balaban J connectivity index is 1.76. The van der Waals surface area contributed by atoms with Crippen LogP contribution in [0.1, 0.15) is 70.3 Å². The molecule has 0 bridgehead atoms. The van der Waals surface area contributed by atoms with E-state index in [2.05, 4.69) is 13.0 Å². The Labute approximate surface area is 168 Å². The van der Waals surface area contributed by atoms with Gasteiger partial charge in [0, 0.05) is 6.42 Å². The van der Waals surface area contributed by atoms with Crippen LogP contribution in [0.3, 0.4) is 0 Å². The average Bonchev–Trinajstić information content (AvgIpc) is 2.70. The van der Waals surface area contributed by atoms with Gasteiger partial charge >= 0.3 is 5.97 Å². The van der Waals surface area contributed by atoms with E-state index in [9.17, 15) is 10.2 Å². The molecule has 2 N–H and O–H groups in total. The number of aliphatic hydroxyl groups is 2. The van der Waals surface area contributed by atoms with Crippen molar-refractivity contribution in [3.63, 3.8) is 0 Å². The molecule has 28 heavy (non-hydrogen) atoms. The Kier molecular flexibility index (Phi) is 9.00. The van der Waals surface area contributed by atoms with Gasteiger partial charge in [0.25, 0.3) is 0 Å². The summed E-state index contributed by atoms with van der Waals surface area (Å²) in [4.78, 5) is 0. The second kappa shape index (κ2) is 11.5. The van der Waals surface area contributed by atoms with Gasteiger partial charge in [0.15, 0.2) is 0 Å². The predicted molar refractivity (Wildman–Crippen MR) is 112 cm³/mol. The highest BCUT2D eigenvalue weighted by molar-refractivity contribution is 5.64. The van der Waals surface area contributed by atoms with Crippen molar-refractivity contribution in [2.45, 2.75) is 70.7 Å². The van der Waals surface area contributed by atoms with Gasteiger partial charge in [0.2, 0.25) is 0 Å². The lowest BCUT2D eigenvalue weighted by molar-refractivity contribution is -0.295. The van der Waals surface area contributed by atoms with Crippen LogP contribution in [0, 0.1) is 11.3 Å². The minimum absolute atomic E-state index is 0.194. The lowest BCUT2D eigenvalue weighted by atomic mass is 10.0. The van der Waals surface area contributed by atoms with E-state index in [1.807, 2.05) is 24.3 Å². The smallest absolute Gasteiger partial charge is 0.321 e. The van der Waals surface area contributed by atoms with Crippen LogP contribution in [0.5, 0.6) is 5.75 Å². The number of benzene rings is 2. The molecule has 0 atom stereocenters. The fourth-order valence-corrected chi connectivity index (χ4v) is 3.18. The van der Waals surface area contributed by atoms with Crippen LogP contribution in [0.15, 0.2) is 48.5 Å². The molecule has 0 heterocycles. The number of unbranched alkanes of at least 4 members (excludes halogenated alkanes) is 7. The minimum atomic E-state index is -2.14. The quantitative estimate of drug-likeness (QED) is 0.361. The lowest BCUT2D eigenvalue weighted by Gasteiger charge is -2.23. The molecule has 0 amide bonds. The monoisotopic (exact) mass is 381 g/mol. The topological polar surface area (TPSA) is 73.5 Å². The first-order valence-corrected chi connectivity index (χ1v) is 10.3. The van der Waals surface area contributed by atoms with Crippen LogP contribution < -0.4 is 4.74 Å². The van der Waals surface area contributed by atoms with E-state index in [0.717, 1.165) is 30.4 Å². The minimum Gasteiger partial charge on any atom is -0.439 e. The Bertz CT molecular complexity index is 730.